The molecule has 0 aromatic carbocycles. The summed E-state index contributed by atoms with van der Waals surface area (Å²) in [6, 6.07) is -0.699. The smallest absolute Gasteiger partial charge is 0.222 e. The lowest BCUT2D eigenvalue weighted by Crippen LogP contribution is -2.64. The summed E-state index contributed by atoms with van der Waals surface area (Å²) in [5.74, 6) is -1.17. The molecule has 0 radical (unpaired) electrons. The monoisotopic (exact) mass is 492 g/mol. The number of aliphatic hydroxyl groups is 5. The molecule has 202 valence electrons. The van der Waals surface area contributed by atoms with Crippen molar-refractivity contribution in [2.45, 2.75) is 108 Å². The maximum Gasteiger partial charge on any atom is 0.222 e. The third kappa shape index (κ3) is 8.80. The Bertz CT molecular complexity index is 606. The van der Waals surface area contributed by atoms with Gasteiger partial charge in [0.1, 0.15) is 18.3 Å². The first kappa shape index (κ1) is 32.8. The molecule has 0 aromatic rings. The summed E-state index contributed by atoms with van der Waals surface area (Å²) in [6.45, 7) is 8.17. The van der Waals surface area contributed by atoms with Gasteiger partial charge in [0.25, 0.3) is 0 Å². The molecule has 0 saturated carbocycles. The molecule has 0 aromatic heterocycles. The molecule has 6 unspecified atom stereocenters. The number of likely N-dealkylation sites (N-methyl/N-ethyl adjacent to an activating group) is 1. The van der Waals surface area contributed by atoms with Crippen LogP contribution in [-0.4, -0.2) is 99.1 Å². The van der Waals surface area contributed by atoms with Crippen LogP contribution in [0.1, 0.15) is 66.7 Å². The summed E-state index contributed by atoms with van der Waals surface area (Å²) in [6.07, 6.45) is -4.27. The lowest BCUT2D eigenvalue weighted by Gasteiger charge is -2.39. The number of amides is 1. The predicted molar refractivity (Wildman–Crippen MR) is 130 cm³/mol. The number of nitrogens with one attached hydrogen (secondary N) is 3. The fourth-order valence-electron chi connectivity index (χ4n) is 3.97. The van der Waals surface area contributed by atoms with Gasteiger partial charge in [-0.05, 0) is 39.2 Å². The molecule has 11 heteroatoms. The molecule has 0 heterocycles. The van der Waals surface area contributed by atoms with Crippen molar-refractivity contribution in [1.82, 2.24) is 16.0 Å². The van der Waals surface area contributed by atoms with Crippen molar-refractivity contribution in [2.24, 2.45) is 11.7 Å². The number of carbonyl (C=O) groups excluding carboxylic acids is 2. The van der Waals surface area contributed by atoms with E-state index in [9.17, 15) is 30.0 Å². The van der Waals surface area contributed by atoms with Gasteiger partial charge in [0, 0.05) is 12.5 Å². The Balaban J connectivity index is 5.44. The van der Waals surface area contributed by atoms with Crippen LogP contribution in [0, 0.1) is 5.92 Å². The Morgan fingerprint density at radius 2 is 1.41 bits per heavy atom. The van der Waals surface area contributed by atoms with E-state index in [4.69, 9.17) is 10.8 Å². The Kier molecular flexibility index (Phi) is 14.5. The van der Waals surface area contributed by atoms with Gasteiger partial charge in [-0.1, -0.05) is 34.6 Å². The molecule has 0 aliphatic rings. The summed E-state index contributed by atoms with van der Waals surface area (Å²) >= 11 is 0. The molecule has 6 atom stereocenters. The van der Waals surface area contributed by atoms with Crippen LogP contribution >= 0.6 is 0 Å². The standard InChI is InChI=1S/C23H48N4O7/c1-7-22(8-2,25-6)20(33)15(27-23(24,9-3)10-4)11-14(5)21(34)26-12-16(29)18(31)19(32)17(30)13-28/h14-19,25,27-32H,7-13,24H2,1-6H3,(H,26,34). The lowest BCUT2D eigenvalue weighted by atomic mass is 9.81. The highest BCUT2D eigenvalue weighted by atomic mass is 16.4. The first-order chi connectivity index (χ1) is 15.8. The Hall–Kier alpha value is -1.18. The Morgan fingerprint density at radius 3 is 1.82 bits per heavy atom. The third-order valence-electron chi connectivity index (χ3n) is 7.04. The van der Waals surface area contributed by atoms with E-state index < -0.39 is 60.1 Å². The zero-order valence-electron chi connectivity index (χ0n) is 21.5. The zero-order valence-corrected chi connectivity index (χ0v) is 21.5. The maximum atomic E-state index is 13.6. The van der Waals surface area contributed by atoms with E-state index >= 15 is 0 Å². The molecule has 0 rings (SSSR count). The van der Waals surface area contributed by atoms with E-state index in [1.54, 1.807) is 14.0 Å². The van der Waals surface area contributed by atoms with Crippen molar-refractivity contribution >= 4 is 11.7 Å². The topological polar surface area (TPSA) is 197 Å². The first-order valence-electron chi connectivity index (χ1n) is 12.2. The predicted octanol–water partition coefficient (Wildman–Crippen LogP) is -1.65. The number of aliphatic hydroxyl groups excluding tert-OH is 5. The average molecular weight is 493 g/mol. The van der Waals surface area contributed by atoms with Crippen molar-refractivity contribution in [1.29, 1.82) is 0 Å². The fourth-order valence-corrected chi connectivity index (χ4v) is 3.97. The van der Waals surface area contributed by atoms with Gasteiger partial charge >= 0.3 is 0 Å². The summed E-state index contributed by atoms with van der Waals surface area (Å²) in [5, 5.41) is 56.9. The maximum absolute atomic E-state index is 13.6. The fraction of sp³-hybridized carbons (Fsp3) is 0.913. The van der Waals surface area contributed by atoms with Gasteiger partial charge in [-0.15, -0.1) is 0 Å². The minimum Gasteiger partial charge on any atom is -0.394 e. The van der Waals surface area contributed by atoms with Crippen LogP contribution in [0.2, 0.25) is 0 Å². The van der Waals surface area contributed by atoms with Gasteiger partial charge in [-0.2, -0.15) is 0 Å². The van der Waals surface area contributed by atoms with Crippen molar-refractivity contribution in [3.8, 4) is 0 Å². The molecule has 10 N–H and O–H groups in total. The molecule has 0 saturated heterocycles. The number of carbonyl (C=O) groups is 2. The summed E-state index contributed by atoms with van der Waals surface area (Å²) in [4.78, 5) is 26.3. The highest BCUT2D eigenvalue weighted by Gasteiger charge is 2.41. The SMILES string of the molecule is CCC(N)(CC)NC(CC(C)C(=O)NCC(O)C(O)C(O)C(O)CO)C(=O)C(CC)(CC)NC. The van der Waals surface area contributed by atoms with E-state index in [1.807, 2.05) is 27.7 Å². The second-order valence-corrected chi connectivity index (χ2v) is 9.14. The highest BCUT2D eigenvalue weighted by molar-refractivity contribution is 5.93. The molecule has 0 spiro atoms. The van der Waals surface area contributed by atoms with Crippen LogP contribution in [0.15, 0.2) is 0 Å². The van der Waals surface area contributed by atoms with Crippen LogP contribution in [-0.2, 0) is 9.59 Å². The molecular weight excluding hydrogens is 444 g/mol. The highest BCUT2D eigenvalue weighted by Crippen LogP contribution is 2.23. The molecule has 1 amide bonds. The van der Waals surface area contributed by atoms with E-state index in [0.717, 1.165) is 0 Å². The molecule has 34 heavy (non-hydrogen) atoms. The average Bonchev–Trinajstić information content (AvgIpc) is 2.85. The minimum atomic E-state index is -1.78. The van der Waals surface area contributed by atoms with Gasteiger partial charge in [0.15, 0.2) is 5.78 Å². The van der Waals surface area contributed by atoms with Gasteiger partial charge in [-0.25, -0.2) is 0 Å². The van der Waals surface area contributed by atoms with Gasteiger partial charge in [-0.3, -0.25) is 14.9 Å². The van der Waals surface area contributed by atoms with E-state index in [2.05, 4.69) is 16.0 Å². The molecule has 0 bridgehead atoms. The molecule has 0 aliphatic heterocycles. The van der Waals surface area contributed by atoms with Crippen molar-refractivity contribution < 1.29 is 35.1 Å². The number of hydrogen-bond donors (Lipinski definition) is 9. The van der Waals surface area contributed by atoms with Crippen LogP contribution in [0.3, 0.4) is 0 Å². The van der Waals surface area contributed by atoms with Gasteiger partial charge < -0.3 is 41.9 Å². The summed E-state index contributed by atoms with van der Waals surface area (Å²) in [7, 11) is 1.74. The normalized spacial score (nSPS) is 18.0. The Morgan fingerprint density at radius 1 is 0.912 bits per heavy atom. The molecule has 0 aliphatic carbocycles. The van der Waals surface area contributed by atoms with Crippen LogP contribution in [0.25, 0.3) is 0 Å². The van der Waals surface area contributed by atoms with Crippen LogP contribution in [0.4, 0.5) is 0 Å². The second kappa shape index (κ2) is 15.0. The van der Waals surface area contributed by atoms with Crippen molar-refractivity contribution in [2.75, 3.05) is 20.2 Å². The second-order valence-electron chi connectivity index (χ2n) is 9.14. The summed E-state index contributed by atoms with van der Waals surface area (Å²) < 4.78 is 0. The van der Waals surface area contributed by atoms with Crippen molar-refractivity contribution in [3.05, 3.63) is 0 Å². The largest absolute Gasteiger partial charge is 0.394 e. The number of hydrogen-bond acceptors (Lipinski definition) is 10. The van der Waals surface area contributed by atoms with E-state index in [1.165, 1.54) is 0 Å². The lowest BCUT2D eigenvalue weighted by molar-refractivity contribution is -0.131. The summed E-state index contributed by atoms with van der Waals surface area (Å²) in [5.41, 5.74) is 4.90. The molecule has 0 fully saturated rings. The third-order valence-corrected chi connectivity index (χ3v) is 7.04. The number of nitrogens with two attached hydrogens (primary N) is 1. The quantitative estimate of drug-likeness (QED) is 0.0999. The van der Waals surface area contributed by atoms with E-state index in [-0.39, 0.29) is 18.7 Å². The number of ketones is 1. The Labute approximate surface area is 203 Å². The zero-order chi connectivity index (χ0) is 26.7. The number of rotatable bonds is 18. The molecular formula is C23H48N4O7. The van der Waals surface area contributed by atoms with Gasteiger partial charge in [0.05, 0.1) is 30.0 Å². The van der Waals surface area contributed by atoms with Gasteiger partial charge in [0.2, 0.25) is 5.91 Å². The van der Waals surface area contributed by atoms with Crippen LogP contribution < -0.4 is 21.7 Å². The molecule has 11 nitrogen and oxygen atoms in total. The van der Waals surface area contributed by atoms with E-state index in [0.29, 0.717) is 25.7 Å². The van der Waals surface area contributed by atoms with Crippen LogP contribution in [0.5, 0.6) is 0 Å². The van der Waals surface area contributed by atoms with Crippen molar-refractivity contribution in [3.63, 3.8) is 0 Å². The minimum absolute atomic E-state index is 0.0760. The number of Topliss-reactive ketones (excluding diaryl/α,β-unsaturated/α-hetero) is 1. The first-order valence-corrected chi connectivity index (χ1v) is 12.2.